The van der Waals surface area contributed by atoms with Crippen LogP contribution in [0.4, 0.5) is 5.69 Å². The molecule has 0 fully saturated rings. The van der Waals surface area contributed by atoms with Crippen LogP contribution in [0.3, 0.4) is 0 Å². The van der Waals surface area contributed by atoms with Gasteiger partial charge in [0.2, 0.25) is 0 Å². The standard InChI is InChI=1S/C15H13Cl2NO4S/c1-22-12-7-6-9(8-13(12)23(2,20)21)15(19)18-11-5-3-4-10(16)14(11)17/h3-8H,1-2H3,(H,18,19). The lowest BCUT2D eigenvalue weighted by atomic mass is 10.2. The third kappa shape index (κ3) is 3.96. The Morgan fingerprint density at radius 1 is 1.17 bits per heavy atom. The van der Waals surface area contributed by atoms with Gasteiger partial charge < -0.3 is 10.1 Å². The number of anilines is 1. The predicted molar refractivity (Wildman–Crippen MR) is 90.5 cm³/mol. The van der Waals surface area contributed by atoms with Crippen LogP contribution in [0.5, 0.6) is 5.75 Å². The molecule has 0 unspecified atom stereocenters. The van der Waals surface area contributed by atoms with Crippen molar-refractivity contribution in [3.63, 3.8) is 0 Å². The van der Waals surface area contributed by atoms with Gasteiger partial charge >= 0.3 is 0 Å². The Kier molecular flexibility index (Phi) is 5.19. The molecule has 1 amide bonds. The van der Waals surface area contributed by atoms with E-state index in [0.29, 0.717) is 10.7 Å². The Morgan fingerprint density at radius 2 is 1.87 bits per heavy atom. The highest BCUT2D eigenvalue weighted by atomic mass is 35.5. The fourth-order valence-corrected chi connectivity index (χ4v) is 3.11. The van der Waals surface area contributed by atoms with Gasteiger partial charge in [-0.05, 0) is 30.3 Å². The topological polar surface area (TPSA) is 72.5 Å². The molecule has 2 rings (SSSR count). The van der Waals surface area contributed by atoms with Gasteiger partial charge in [0.25, 0.3) is 5.91 Å². The minimum Gasteiger partial charge on any atom is -0.495 e. The summed E-state index contributed by atoms with van der Waals surface area (Å²) in [7, 11) is -2.18. The van der Waals surface area contributed by atoms with E-state index in [2.05, 4.69) is 5.32 Å². The summed E-state index contributed by atoms with van der Waals surface area (Å²) in [6.07, 6.45) is 1.04. The summed E-state index contributed by atoms with van der Waals surface area (Å²) in [5.41, 5.74) is 0.489. The first-order chi connectivity index (χ1) is 10.7. The second kappa shape index (κ2) is 6.78. The number of sulfone groups is 1. The molecule has 122 valence electrons. The maximum Gasteiger partial charge on any atom is 0.255 e. The molecule has 2 aromatic carbocycles. The zero-order chi connectivity index (χ0) is 17.2. The smallest absolute Gasteiger partial charge is 0.255 e. The number of rotatable bonds is 4. The number of carbonyl (C=O) groups excluding carboxylic acids is 1. The van der Waals surface area contributed by atoms with Gasteiger partial charge in [-0.3, -0.25) is 4.79 Å². The van der Waals surface area contributed by atoms with Crippen LogP contribution in [0.15, 0.2) is 41.3 Å². The number of benzene rings is 2. The van der Waals surface area contributed by atoms with Crippen LogP contribution >= 0.6 is 23.2 Å². The molecule has 0 radical (unpaired) electrons. The Balaban J connectivity index is 2.39. The second-order valence-corrected chi connectivity index (χ2v) is 7.46. The number of amides is 1. The molecular formula is C15H13Cl2NO4S. The zero-order valence-corrected chi connectivity index (χ0v) is 14.6. The van der Waals surface area contributed by atoms with Crippen molar-refractivity contribution in [2.75, 3.05) is 18.7 Å². The molecule has 2 aromatic rings. The van der Waals surface area contributed by atoms with Crippen LogP contribution in [0.25, 0.3) is 0 Å². The lowest BCUT2D eigenvalue weighted by Gasteiger charge is -2.11. The van der Waals surface area contributed by atoms with Gasteiger partial charge in [0.15, 0.2) is 9.84 Å². The van der Waals surface area contributed by atoms with E-state index >= 15 is 0 Å². The van der Waals surface area contributed by atoms with Gasteiger partial charge in [0.1, 0.15) is 10.6 Å². The molecule has 0 atom stereocenters. The third-order valence-corrected chi connectivity index (χ3v) is 4.96. The van der Waals surface area contributed by atoms with Gasteiger partial charge in [-0.25, -0.2) is 8.42 Å². The van der Waals surface area contributed by atoms with Crippen molar-refractivity contribution >= 4 is 44.6 Å². The largest absolute Gasteiger partial charge is 0.495 e. The van der Waals surface area contributed by atoms with E-state index in [4.69, 9.17) is 27.9 Å². The molecule has 0 heterocycles. The number of hydrogen-bond acceptors (Lipinski definition) is 4. The Morgan fingerprint density at radius 3 is 2.48 bits per heavy atom. The quantitative estimate of drug-likeness (QED) is 0.887. The minimum atomic E-state index is -3.54. The molecule has 0 spiro atoms. The van der Waals surface area contributed by atoms with E-state index in [9.17, 15) is 13.2 Å². The number of methoxy groups -OCH3 is 1. The van der Waals surface area contributed by atoms with E-state index in [1.54, 1.807) is 18.2 Å². The van der Waals surface area contributed by atoms with E-state index < -0.39 is 15.7 Å². The number of ether oxygens (including phenoxy) is 1. The summed E-state index contributed by atoms with van der Waals surface area (Å²) in [4.78, 5) is 12.2. The van der Waals surface area contributed by atoms with E-state index in [1.165, 1.54) is 25.3 Å². The monoisotopic (exact) mass is 373 g/mol. The summed E-state index contributed by atoms with van der Waals surface area (Å²) in [6, 6.07) is 8.95. The van der Waals surface area contributed by atoms with Crippen LogP contribution in [-0.2, 0) is 9.84 Å². The average molecular weight is 374 g/mol. The van der Waals surface area contributed by atoms with Crippen LogP contribution in [-0.4, -0.2) is 27.7 Å². The summed E-state index contributed by atoms with van der Waals surface area (Å²) >= 11 is 11.9. The zero-order valence-electron chi connectivity index (χ0n) is 12.3. The lowest BCUT2D eigenvalue weighted by Crippen LogP contribution is -2.13. The first kappa shape index (κ1) is 17.6. The van der Waals surface area contributed by atoms with Crippen molar-refractivity contribution in [3.05, 3.63) is 52.0 Å². The fourth-order valence-electron chi connectivity index (χ4n) is 1.90. The van der Waals surface area contributed by atoms with Crippen LogP contribution < -0.4 is 10.1 Å². The van der Waals surface area contributed by atoms with Gasteiger partial charge in [-0.2, -0.15) is 0 Å². The number of hydrogen-bond donors (Lipinski definition) is 1. The number of carbonyl (C=O) groups is 1. The lowest BCUT2D eigenvalue weighted by molar-refractivity contribution is 0.102. The maximum absolute atomic E-state index is 12.3. The van der Waals surface area contributed by atoms with Crippen LogP contribution in [0.1, 0.15) is 10.4 Å². The molecular weight excluding hydrogens is 361 g/mol. The highest BCUT2D eigenvalue weighted by Gasteiger charge is 2.18. The molecule has 0 aliphatic heterocycles. The van der Waals surface area contributed by atoms with Gasteiger partial charge in [-0.15, -0.1) is 0 Å². The highest BCUT2D eigenvalue weighted by molar-refractivity contribution is 7.90. The molecule has 1 N–H and O–H groups in total. The third-order valence-electron chi connectivity index (χ3n) is 3.03. The van der Waals surface area contributed by atoms with Crippen LogP contribution in [0.2, 0.25) is 10.0 Å². The molecule has 0 bridgehead atoms. The molecule has 0 aliphatic rings. The van der Waals surface area contributed by atoms with Crippen molar-refractivity contribution in [1.82, 2.24) is 0 Å². The number of nitrogens with one attached hydrogen (secondary N) is 1. The predicted octanol–water partition coefficient (Wildman–Crippen LogP) is 3.66. The normalized spacial score (nSPS) is 11.1. The molecule has 0 saturated heterocycles. The van der Waals surface area contributed by atoms with Crippen molar-refractivity contribution in [2.45, 2.75) is 4.90 Å². The van der Waals surface area contributed by atoms with Crippen molar-refractivity contribution < 1.29 is 17.9 Å². The van der Waals surface area contributed by atoms with Crippen molar-refractivity contribution in [1.29, 1.82) is 0 Å². The molecule has 23 heavy (non-hydrogen) atoms. The van der Waals surface area contributed by atoms with E-state index in [-0.39, 0.29) is 21.2 Å². The van der Waals surface area contributed by atoms with E-state index in [1.807, 2.05) is 0 Å². The summed E-state index contributed by atoms with van der Waals surface area (Å²) < 4.78 is 28.6. The fraction of sp³-hybridized carbons (Fsp3) is 0.133. The molecule has 0 aliphatic carbocycles. The maximum atomic E-state index is 12.3. The van der Waals surface area contributed by atoms with Crippen molar-refractivity contribution in [3.8, 4) is 5.75 Å². The van der Waals surface area contributed by atoms with Gasteiger partial charge in [0.05, 0.1) is 22.8 Å². The summed E-state index contributed by atoms with van der Waals surface area (Å²) in [6.45, 7) is 0. The second-order valence-electron chi connectivity index (χ2n) is 4.69. The first-order valence-corrected chi connectivity index (χ1v) is 9.02. The summed E-state index contributed by atoms with van der Waals surface area (Å²) in [5, 5.41) is 3.10. The minimum absolute atomic E-state index is 0.0650. The van der Waals surface area contributed by atoms with Gasteiger partial charge in [-0.1, -0.05) is 29.3 Å². The SMILES string of the molecule is COc1ccc(C(=O)Nc2cccc(Cl)c2Cl)cc1S(C)(=O)=O. The highest BCUT2D eigenvalue weighted by Crippen LogP contribution is 2.30. The molecule has 5 nitrogen and oxygen atoms in total. The molecule has 0 aromatic heterocycles. The molecule has 0 saturated carbocycles. The average Bonchev–Trinajstić information content (AvgIpc) is 2.50. The summed E-state index contributed by atoms with van der Waals surface area (Å²) in [5.74, 6) is -0.341. The van der Waals surface area contributed by atoms with Crippen molar-refractivity contribution in [2.24, 2.45) is 0 Å². The Hall–Kier alpha value is -1.76. The van der Waals surface area contributed by atoms with E-state index in [0.717, 1.165) is 6.26 Å². The van der Waals surface area contributed by atoms with Gasteiger partial charge in [0, 0.05) is 11.8 Å². The number of halogens is 2. The molecule has 8 heteroatoms. The van der Waals surface area contributed by atoms with Crippen LogP contribution in [0, 0.1) is 0 Å². The Labute approximate surface area is 144 Å². The Bertz CT molecular complexity index is 866. The first-order valence-electron chi connectivity index (χ1n) is 6.37.